The summed E-state index contributed by atoms with van der Waals surface area (Å²) < 4.78 is 25.1. The Morgan fingerprint density at radius 1 is 0.867 bits per heavy atom. The molecule has 0 heterocycles. The Balaban J connectivity index is 1.74. The van der Waals surface area contributed by atoms with E-state index in [9.17, 15) is 14.0 Å². The van der Waals surface area contributed by atoms with E-state index >= 15 is 0 Å². The molecule has 0 saturated heterocycles. The molecule has 30 heavy (non-hydrogen) atoms. The van der Waals surface area contributed by atoms with Gasteiger partial charge in [-0.25, -0.2) is 9.18 Å². The van der Waals surface area contributed by atoms with E-state index in [0.717, 1.165) is 0 Å². The topological polar surface area (TPSA) is 64.6 Å². The molecule has 1 amide bonds. The third kappa shape index (κ3) is 5.44. The highest BCUT2D eigenvalue weighted by molar-refractivity contribution is 6.05. The molecule has 0 atom stereocenters. The highest BCUT2D eigenvalue weighted by Crippen LogP contribution is 2.30. The van der Waals surface area contributed by atoms with Crippen molar-refractivity contribution in [2.45, 2.75) is 26.4 Å². The van der Waals surface area contributed by atoms with Gasteiger partial charge in [0.2, 0.25) is 0 Å². The molecule has 0 aliphatic carbocycles. The molecule has 3 rings (SSSR count). The first-order valence-electron chi connectivity index (χ1n) is 9.39. The van der Waals surface area contributed by atoms with Crippen molar-refractivity contribution in [1.29, 1.82) is 0 Å². The third-order valence-corrected chi connectivity index (χ3v) is 3.97. The van der Waals surface area contributed by atoms with E-state index in [-0.39, 0.29) is 5.56 Å². The number of hydrogen-bond donors (Lipinski definition) is 1. The summed E-state index contributed by atoms with van der Waals surface area (Å²) in [6.07, 6.45) is 0. The molecule has 0 spiro atoms. The Hall–Kier alpha value is -3.67. The smallest absolute Gasteiger partial charge is 0.338 e. The van der Waals surface area contributed by atoms with Crippen molar-refractivity contribution in [2.24, 2.45) is 0 Å². The van der Waals surface area contributed by atoms with E-state index in [1.165, 1.54) is 18.2 Å². The molecule has 6 heteroatoms. The molecular formula is C24H22FNO4. The summed E-state index contributed by atoms with van der Waals surface area (Å²) in [4.78, 5) is 24.5. The Bertz CT molecular complexity index is 1060. The number of carbonyl (C=O) groups excluding carboxylic acids is 2. The average Bonchev–Trinajstić information content (AvgIpc) is 2.69. The summed E-state index contributed by atoms with van der Waals surface area (Å²) in [6.45, 7) is 5.40. The van der Waals surface area contributed by atoms with Crippen LogP contribution in [0.2, 0.25) is 0 Å². The Labute approximate surface area is 174 Å². The lowest BCUT2D eigenvalue weighted by Gasteiger charge is -2.19. The minimum Gasteiger partial charge on any atom is -0.456 e. The van der Waals surface area contributed by atoms with Gasteiger partial charge in [0.05, 0.1) is 16.8 Å². The van der Waals surface area contributed by atoms with Crippen LogP contribution in [0.15, 0.2) is 72.8 Å². The van der Waals surface area contributed by atoms with Crippen molar-refractivity contribution in [3.05, 3.63) is 89.7 Å². The number of halogens is 1. The van der Waals surface area contributed by atoms with E-state index in [0.29, 0.717) is 22.7 Å². The number of ether oxygens (including phenoxy) is 2. The maximum Gasteiger partial charge on any atom is 0.338 e. The van der Waals surface area contributed by atoms with Crippen molar-refractivity contribution < 1.29 is 23.5 Å². The van der Waals surface area contributed by atoms with E-state index in [1.807, 2.05) is 0 Å². The second-order valence-corrected chi connectivity index (χ2v) is 7.56. The van der Waals surface area contributed by atoms with Crippen molar-refractivity contribution in [3.63, 3.8) is 0 Å². The van der Waals surface area contributed by atoms with Crippen LogP contribution in [-0.4, -0.2) is 17.5 Å². The van der Waals surface area contributed by atoms with Gasteiger partial charge < -0.3 is 14.8 Å². The molecule has 3 aromatic carbocycles. The summed E-state index contributed by atoms with van der Waals surface area (Å²) in [6, 6.07) is 19.0. The number of anilines is 1. The number of esters is 1. The summed E-state index contributed by atoms with van der Waals surface area (Å²) in [5.41, 5.74) is 0.149. The number of para-hydroxylation sites is 2. The van der Waals surface area contributed by atoms with Crippen LogP contribution in [0.25, 0.3) is 0 Å². The highest BCUT2D eigenvalue weighted by atomic mass is 19.1. The Morgan fingerprint density at radius 3 is 2.17 bits per heavy atom. The van der Waals surface area contributed by atoms with E-state index in [1.54, 1.807) is 75.4 Å². The van der Waals surface area contributed by atoms with Gasteiger partial charge >= 0.3 is 5.97 Å². The Morgan fingerprint density at radius 2 is 1.50 bits per heavy atom. The maximum atomic E-state index is 13.9. The summed E-state index contributed by atoms with van der Waals surface area (Å²) in [5.74, 6) is -0.760. The van der Waals surface area contributed by atoms with Crippen molar-refractivity contribution in [1.82, 2.24) is 0 Å². The molecule has 0 unspecified atom stereocenters. The van der Waals surface area contributed by atoms with Gasteiger partial charge in [-0.15, -0.1) is 0 Å². The van der Waals surface area contributed by atoms with Gasteiger partial charge in [-0.2, -0.15) is 0 Å². The van der Waals surface area contributed by atoms with Gasteiger partial charge in [0.1, 0.15) is 17.2 Å². The normalized spacial score (nSPS) is 10.9. The van der Waals surface area contributed by atoms with E-state index in [4.69, 9.17) is 9.47 Å². The van der Waals surface area contributed by atoms with Crippen molar-refractivity contribution in [2.75, 3.05) is 5.32 Å². The van der Waals surface area contributed by atoms with Gasteiger partial charge in [0, 0.05) is 0 Å². The molecule has 154 valence electrons. The molecule has 0 saturated carbocycles. The summed E-state index contributed by atoms with van der Waals surface area (Å²) >= 11 is 0. The first kappa shape index (κ1) is 21.0. The molecule has 0 fully saturated rings. The maximum absolute atomic E-state index is 13.9. The number of hydrogen-bond acceptors (Lipinski definition) is 4. The van der Waals surface area contributed by atoms with Crippen LogP contribution in [0.5, 0.6) is 11.5 Å². The first-order chi connectivity index (χ1) is 14.2. The summed E-state index contributed by atoms with van der Waals surface area (Å²) in [5, 5.41) is 2.67. The highest BCUT2D eigenvalue weighted by Gasteiger charge is 2.18. The second-order valence-electron chi connectivity index (χ2n) is 7.56. The van der Waals surface area contributed by atoms with Crippen molar-refractivity contribution in [3.8, 4) is 11.5 Å². The number of amides is 1. The van der Waals surface area contributed by atoms with E-state index in [2.05, 4.69) is 5.32 Å². The largest absolute Gasteiger partial charge is 0.456 e. The number of benzene rings is 3. The van der Waals surface area contributed by atoms with Crippen LogP contribution in [0, 0.1) is 5.82 Å². The summed E-state index contributed by atoms with van der Waals surface area (Å²) in [7, 11) is 0. The lowest BCUT2D eigenvalue weighted by molar-refractivity contribution is 0.00694. The molecule has 5 nitrogen and oxygen atoms in total. The molecule has 0 radical (unpaired) electrons. The first-order valence-corrected chi connectivity index (χ1v) is 9.39. The quantitative estimate of drug-likeness (QED) is 0.541. The molecule has 3 aromatic rings. The third-order valence-electron chi connectivity index (χ3n) is 3.97. The lowest BCUT2D eigenvalue weighted by Crippen LogP contribution is -2.23. The number of nitrogens with one attached hydrogen (secondary N) is 1. The van der Waals surface area contributed by atoms with Gasteiger partial charge in [0.15, 0.2) is 5.75 Å². The van der Waals surface area contributed by atoms with Crippen LogP contribution in [-0.2, 0) is 4.74 Å². The number of rotatable bonds is 5. The van der Waals surface area contributed by atoms with Crippen LogP contribution >= 0.6 is 0 Å². The fourth-order valence-electron chi connectivity index (χ4n) is 2.62. The predicted octanol–water partition coefficient (Wildman–Crippen LogP) is 5.83. The van der Waals surface area contributed by atoms with Gasteiger partial charge in [-0.1, -0.05) is 24.3 Å². The minimum atomic E-state index is -0.605. The van der Waals surface area contributed by atoms with Gasteiger partial charge in [0.25, 0.3) is 5.91 Å². The van der Waals surface area contributed by atoms with Crippen LogP contribution in [0.4, 0.5) is 10.1 Å². The number of carbonyl (C=O) groups is 2. The zero-order valence-corrected chi connectivity index (χ0v) is 16.9. The predicted molar refractivity (Wildman–Crippen MR) is 112 cm³/mol. The Kier molecular flexibility index (Phi) is 6.16. The molecule has 0 aliphatic heterocycles. The molecule has 0 aromatic heterocycles. The minimum absolute atomic E-state index is 0.0611. The molecule has 0 aliphatic rings. The SMILES string of the molecule is CC(C)(C)OC(=O)c1ccc(Oc2ccccc2NC(=O)c2ccccc2F)cc1. The molecule has 0 bridgehead atoms. The van der Waals surface area contributed by atoms with Crippen LogP contribution in [0.1, 0.15) is 41.5 Å². The van der Waals surface area contributed by atoms with Gasteiger partial charge in [-0.05, 0) is 69.3 Å². The fraction of sp³-hybridized carbons (Fsp3) is 0.167. The van der Waals surface area contributed by atoms with Crippen LogP contribution < -0.4 is 10.1 Å². The molecule has 1 N–H and O–H groups in total. The second kappa shape index (κ2) is 8.78. The fourth-order valence-corrected chi connectivity index (χ4v) is 2.62. The zero-order valence-electron chi connectivity index (χ0n) is 16.9. The van der Waals surface area contributed by atoms with Gasteiger partial charge in [-0.3, -0.25) is 4.79 Å². The lowest BCUT2D eigenvalue weighted by atomic mass is 10.1. The van der Waals surface area contributed by atoms with E-state index < -0.39 is 23.3 Å². The zero-order chi connectivity index (χ0) is 21.7. The molecular weight excluding hydrogens is 385 g/mol. The van der Waals surface area contributed by atoms with Crippen LogP contribution in [0.3, 0.4) is 0 Å². The average molecular weight is 407 g/mol. The van der Waals surface area contributed by atoms with Crippen molar-refractivity contribution >= 4 is 17.6 Å². The monoisotopic (exact) mass is 407 g/mol. The standard InChI is InChI=1S/C24H22FNO4/c1-24(2,3)30-23(28)16-12-14-17(15-13-16)29-21-11-7-6-10-20(21)26-22(27)18-8-4-5-9-19(18)25/h4-15H,1-3H3,(H,26,27).